The molecule has 102 valence electrons. The van der Waals surface area contributed by atoms with Crippen molar-refractivity contribution in [3.05, 3.63) is 16.1 Å². The number of nitrogens with zero attached hydrogens (tertiary/aromatic N) is 1. The smallest absolute Gasteiger partial charge is 0.355 e. The van der Waals surface area contributed by atoms with E-state index in [1.807, 2.05) is 0 Å². The van der Waals surface area contributed by atoms with Gasteiger partial charge in [0.15, 0.2) is 5.69 Å². The summed E-state index contributed by atoms with van der Waals surface area (Å²) < 4.78 is 30.3. The molecule has 18 heavy (non-hydrogen) atoms. The molecule has 0 aliphatic carbocycles. The van der Waals surface area contributed by atoms with Gasteiger partial charge >= 0.3 is 5.97 Å². The molecule has 1 aromatic heterocycles. The lowest BCUT2D eigenvalue weighted by molar-refractivity contribution is 0.0691. The number of carboxylic acid groups (broad SMARTS) is 1. The van der Waals surface area contributed by atoms with Crippen molar-refractivity contribution in [1.29, 1.82) is 0 Å². The van der Waals surface area contributed by atoms with E-state index in [1.54, 1.807) is 6.92 Å². The van der Waals surface area contributed by atoms with E-state index in [2.05, 4.69) is 9.71 Å². The lowest BCUT2D eigenvalue weighted by Crippen LogP contribution is -2.30. The third-order valence-corrected chi connectivity index (χ3v) is 4.47. The number of hydrogen-bond acceptors (Lipinski definition) is 6. The van der Waals surface area contributed by atoms with Gasteiger partial charge in [0.25, 0.3) is 0 Å². The Morgan fingerprint density at radius 1 is 1.67 bits per heavy atom. The summed E-state index contributed by atoms with van der Waals surface area (Å²) in [5.41, 5.74) is -0.0852. The van der Waals surface area contributed by atoms with Crippen LogP contribution in [0.25, 0.3) is 0 Å². The van der Waals surface area contributed by atoms with E-state index < -0.39 is 22.0 Å². The maximum Gasteiger partial charge on any atom is 0.355 e. The Hall–Kier alpha value is -1.03. The average Bonchev–Trinajstić information content (AvgIpc) is 2.75. The Labute approximate surface area is 109 Å². The number of hydrogen-bond donors (Lipinski definition) is 2. The first-order valence-electron chi connectivity index (χ1n) is 5.03. The maximum absolute atomic E-state index is 11.6. The zero-order chi connectivity index (χ0) is 13.8. The van der Waals surface area contributed by atoms with Crippen LogP contribution in [0.2, 0.25) is 0 Å². The molecule has 0 saturated carbocycles. The van der Waals surface area contributed by atoms with E-state index in [-0.39, 0.29) is 18.1 Å². The molecule has 1 rings (SSSR count). The lowest BCUT2D eigenvalue weighted by atomic mass is 10.4. The fourth-order valence-electron chi connectivity index (χ4n) is 1.16. The van der Waals surface area contributed by atoms with Crippen LogP contribution in [0.15, 0.2) is 5.38 Å². The van der Waals surface area contributed by atoms with Crippen molar-refractivity contribution >= 4 is 27.3 Å². The number of rotatable bonds is 7. The molecular formula is C9H14N2O5S2. The van der Waals surface area contributed by atoms with Crippen molar-refractivity contribution in [1.82, 2.24) is 9.71 Å². The van der Waals surface area contributed by atoms with E-state index in [0.29, 0.717) is 5.01 Å². The number of methoxy groups -OCH3 is 1. The van der Waals surface area contributed by atoms with Crippen LogP contribution in [0.3, 0.4) is 0 Å². The van der Waals surface area contributed by atoms with Gasteiger partial charge < -0.3 is 9.84 Å². The lowest BCUT2D eigenvalue weighted by Gasteiger charge is -2.11. The van der Waals surface area contributed by atoms with Crippen LogP contribution in [-0.2, 0) is 14.8 Å². The second kappa shape index (κ2) is 6.23. The standard InChI is InChI=1S/C9H14N2O5S2/c1-6(11-18(14,15)4-3-16-2)8-10-7(5-17-8)9(12)13/h5-6,11H,3-4H2,1-2H3,(H,12,13). The predicted octanol–water partition coefficient (Wildman–Crippen LogP) is 0.468. The minimum atomic E-state index is -3.46. The van der Waals surface area contributed by atoms with Crippen molar-refractivity contribution in [2.45, 2.75) is 13.0 Å². The molecule has 0 fully saturated rings. The monoisotopic (exact) mass is 294 g/mol. The number of thiazole rings is 1. The van der Waals surface area contributed by atoms with Gasteiger partial charge in [-0.15, -0.1) is 11.3 Å². The average molecular weight is 294 g/mol. The molecule has 0 aliphatic rings. The molecule has 0 amide bonds. The Bertz CT molecular complexity index is 511. The minimum absolute atomic E-state index is 0.0852. The maximum atomic E-state index is 11.6. The highest BCUT2D eigenvalue weighted by Gasteiger charge is 2.19. The largest absolute Gasteiger partial charge is 0.476 e. The molecule has 7 nitrogen and oxygen atoms in total. The molecule has 0 bridgehead atoms. The van der Waals surface area contributed by atoms with Gasteiger partial charge in [0.2, 0.25) is 10.0 Å². The summed E-state index contributed by atoms with van der Waals surface area (Å²) in [6, 6.07) is -0.565. The van der Waals surface area contributed by atoms with Crippen molar-refractivity contribution in [3.8, 4) is 0 Å². The first kappa shape index (κ1) is 15.0. The summed E-state index contributed by atoms with van der Waals surface area (Å²) in [6.45, 7) is 1.70. The van der Waals surface area contributed by atoms with Crippen molar-refractivity contribution in [3.63, 3.8) is 0 Å². The van der Waals surface area contributed by atoms with Crippen LogP contribution >= 0.6 is 11.3 Å². The zero-order valence-corrected chi connectivity index (χ0v) is 11.5. The van der Waals surface area contributed by atoms with Crippen LogP contribution in [0.1, 0.15) is 28.5 Å². The Kier molecular flexibility index (Phi) is 5.20. The molecule has 1 aromatic rings. The number of aromatic carboxylic acids is 1. The topological polar surface area (TPSA) is 106 Å². The molecule has 1 heterocycles. The molecular weight excluding hydrogens is 280 g/mol. The highest BCUT2D eigenvalue weighted by atomic mass is 32.2. The van der Waals surface area contributed by atoms with Crippen LogP contribution < -0.4 is 4.72 Å². The number of aromatic nitrogens is 1. The number of carboxylic acids is 1. The Morgan fingerprint density at radius 2 is 2.33 bits per heavy atom. The Balaban J connectivity index is 2.69. The number of nitrogens with one attached hydrogen (secondary N) is 1. The summed E-state index contributed by atoms with van der Waals surface area (Å²) in [7, 11) is -2.04. The SMILES string of the molecule is COCCS(=O)(=O)NC(C)c1nc(C(=O)O)cs1. The van der Waals surface area contributed by atoms with E-state index in [0.717, 1.165) is 11.3 Å². The van der Waals surface area contributed by atoms with Crippen LogP contribution in [0.5, 0.6) is 0 Å². The fourth-order valence-corrected chi connectivity index (χ4v) is 3.19. The highest BCUT2D eigenvalue weighted by molar-refractivity contribution is 7.89. The molecule has 1 atom stereocenters. The van der Waals surface area contributed by atoms with Crippen molar-refractivity contribution < 1.29 is 23.1 Å². The molecule has 2 N–H and O–H groups in total. The van der Waals surface area contributed by atoms with Crippen molar-refractivity contribution in [2.75, 3.05) is 19.5 Å². The van der Waals surface area contributed by atoms with E-state index in [1.165, 1.54) is 12.5 Å². The Morgan fingerprint density at radius 3 is 2.83 bits per heavy atom. The predicted molar refractivity (Wildman–Crippen MR) is 66.3 cm³/mol. The number of sulfonamides is 1. The van der Waals surface area contributed by atoms with Gasteiger partial charge in [-0.05, 0) is 6.92 Å². The van der Waals surface area contributed by atoms with Gasteiger partial charge in [0.05, 0.1) is 18.4 Å². The van der Waals surface area contributed by atoms with E-state index in [4.69, 9.17) is 9.84 Å². The van der Waals surface area contributed by atoms with Gasteiger partial charge in [-0.3, -0.25) is 0 Å². The number of ether oxygens (including phenoxy) is 1. The quantitative estimate of drug-likeness (QED) is 0.757. The van der Waals surface area contributed by atoms with E-state index in [9.17, 15) is 13.2 Å². The second-order valence-corrected chi connectivity index (χ2v) is 6.29. The molecule has 9 heteroatoms. The third kappa shape index (κ3) is 4.33. The summed E-state index contributed by atoms with van der Waals surface area (Å²) in [6.07, 6.45) is 0. The molecule has 0 spiro atoms. The molecule has 1 unspecified atom stereocenters. The van der Waals surface area contributed by atoms with E-state index >= 15 is 0 Å². The second-order valence-electron chi connectivity index (χ2n) is 3.53. The molecule has 0 saturated heterocycles. The van der Waals surface area contributed by atoms with Gasteiger partial charge in [-0.2, -0.15) is 0 Å². The van der Waals surface area contributed by atoms with Gasteiger partial charge in [0.1, 0.15) is 5.01 Å². The summed E-state index contributed by atoms with van der Waals surface area (Å²) in [5, 5.41) is 10.5. The van der Waals surface area contributed by atoms with Crippen LogP contribution in [0.4, 0.5) is 0 Å². The highest BCUT2D eigenvalue weighted by Crippen LogP contribution is 2.18. The molecule has 0 aromatic carbocycles. The van der Waals surface area contributed by atoms with Crippen molar-refractivity contribution in [2.24, 2.45) is 0 Å². The normalized spacial score (nSPS) is 13.4. The first-order chi connectivity index (χ1) is 8.35. The van der Waals surface area contributed by atoms with Crippen LogP contribution in [0, 0.1) is 0 Å². The number of carbonyl (C=O) groups is 1. The summed E-state index contributed by atoms with van der Waals surface area (Å²) >= 11 is 1.10. The summed E-state index contributed by atoms with van der Waals surface area (Å²) in [4.78, 5) is 14.5. The zero-order valence-electron chi connectivity index (χ0n) is 9.91. The first-order valence-corrected chi connectivity index (χ1v) is 7.56. The van der Waals surface area contributed by atoms with Gasteiger partial charge in [-0.1, -0.05) is 0 Å². The molecule has 0 aliphatic heterocycles. The summed E-state index contributed by atoms with van der Waals surface area (Å²) in [5.74, 6) is -1.28. The minimum Gasteiger partial charge on any atom is -0.476 e. The van der Waals surface area contributed by atoms with Gasteiger partial charge in [0, 0.05) is 12.5 Å². The molecule has 0 radical (unpaired) electrons. The fraction of sp³-hybridized carbons (Fsp3) is 0.556. The van der Waals surface area contributed by atoms with Gasteiger partial charge in [-0.25, -0.2) is 22.9 Å². The van der Waals surface area contributed by atoms with Crippen LogP contribution in [-0.4, -0.2) is 43.9 Å². The third-order valence-electron chi connectivity index (χ3n) is 2.02.